The number of fused-ring (bicyclic) bond motifs is 1. The summed E-state index contributed by atoms with van der Waals surface area (Å²) in [5.74, 6) is 1.95. The first-order valence-electron chi connectivity index (χ1n) is 7.97. The first-order chi connectivity index (χ1) is 10.5. The molecule has 4 nitrogen and oxygen atoms in total. The summed E-state index contributed by atoms with van der Waals surface area (Å²) in [6.45, 7) is 9.52. The smallest absolute Gasteiger partial charge is 0.344 e. The van der Waals surface area contributed by atoms with Crippen molar-refractivity contribution in [2.75, 3.05) is 24.7 Å². The summed E-state index contributed by atoms with van der Waals surface area (Å²) in [4.78, 5) is 2.24. The molecule has 1 aromatic rings. The zero-order valence-electron chi connectivity index (χ0n) is 13.9. The van der Waals surface area contributed by atoms with Gasteiger partial charge in [-0.05, 0) is 37.8 Å². The lowest BCUT2D eigenvalue weighted by molar-refractivity contribution is 0.228. The monoisotopic (exact) mass is 323 g/mol. The van der Waals surface area contributed by atoms with Crippen LogP contribution in [0.2, 0.25) is 0 Å². The highest BCUT2D eigenvalue weighted by atomic mass is 31.2. The number of rotatable bonds is 7. The Hall–Kier alpha value is -1.09. The standard InChI is InChI=1S/C17H26NO3P/c1-5-20-22(19,21-6-2)13-17(14(3)4)18-12-11-15-9-7-8-10-16(15)18/h7-10,13-14H,5-6,11-12H2,1-4H3. The molecule has 0 N–H and O–H groups in total. The second kappa shape index (κ2) is 7.45. The molecule has 0 saturated carbocycles. The predicted molar refractivity (Wildman–Crippen MR) is 91.3 cm³/mol. The van der Waals surface area contributed by atoms with Crippen molar-refractivity contribution in [3.8, 4) is 0 Å². The summed E-state index contributed by atoms with van der Waals surface area (Å²) in [7, 11) is -3.20. The molecule has 122 valence electrons. The number of nitrogens with zero attached hydrogens (tertiary/aromatic N) is 1. The minimum atomic E-state index is -3.20. The van der Waals surface area contributed by atoms with Crippen LogP contribution < -0.4 is 4.90 Å². The number of hydrogen-bond acceptors (Lipinski definition) is 4. The zero-order valence-corrected chi connectivity index (χ0v) is 14.8. The molecule has 0 aromatic heterocycles. The summed E-state index contributed by atoms with van der Waals surface area (Å²) in [5, 5.41) is 0. The van der Waals surface area contributed by atoms with Gasteiger partial charge in [0.25, 0.3) is 0 Å². The summed E-state index contributed by atoms with van der Waals surface area (Å²) < 4.78 is 23.7. The Morgan fingerprint density at radius 3 is 2.50 bits per heavy atom. The van der Waals surface area contributed by atoms with Crippen molar-refractivity contribution in [2.24, 2.45) is 5.92 Å². The Morgan fingerprint density at radius 2 is 1.91 bits per heavy atom. The van der Waals surface area contributed by atoms with Crippen molar-refractivity contribution in [3.63, 3.8) is 0 Å². The molecule has 22 heavy (non-hydrogen) atoms. The maximum Gasteiger partial charge on any atom is 0.355 e. The van der Waals surface area contributed by atoms with Gasteiger partial charge >= 0.3 is 7.60 Å². The third-order valence-corrected chi connectivity index (χ3v) is 5.52. The van der Waals surface area contributed by atoms with Crippen LogP contribution in [0.4, 0.5) is 5.69 Å². The highest BCUT2D eigenvalue weighted by Gasteiger charge is 2.28. The maximum absolute atomic E-state index is 12.8. The van der Waals surface area contributed by atoms with E-state index in [-0.39, 0.29) is 5.92 Å². The van der Waals surface area contributed by atoms with E-state index in [0.717, 1.165) is 18.7 Å². The SMILES string of the molecule is CCOP(=O)(C=C(C(C)C)N1CCc2ccccc21)OCC. The largest absolute Gasteiger partial charge is 0.355 e. The Balaban J connectivity index is 2.39. The van der Waals surface area contributed by atoms with E-state index in [1.165, 1.54) is 11.3 Å². The Labute approximate surface area is 133 Å². The Kier molecular flexibility index (Phi) is 5.85. The quantitative estimate of drug-likeness (QED) is 0.675. The van der Waals surface area contributed by atoms with E-state index in [4.69, 9.17) is 9.05 Å². The topological polar surface area (TPSA) is 38.8 Å². The molecular weight excluding hydrogens is 297 g/mol. The number of hydrogen-bond donors (Lipinski definition) is 0. The Morgan fingerprint density at radius 1 is 1.27 bits per heavy atom. The van der Waals surface area contributed by atoms with E-state index in [0.29, 0.717) is 13.2 Å². The van der Waals surface area contributed by atoms with E-state index in [1.54, 1.807) is 5.82 Å². The van der Waals surface area contributed by atoms with Crippen LogP contribution in [0.25, 0.3) is 0 Å². The number of benzene rings is 1. The normalized spacial score (nSPS) is 15.5. The molecule has 0 spiro atoms. The second-order valence-electron chi connectivity index (χ2n) is 5.61. The van der Waals surface area contributed by atoms with Crippen LogP contribution in [0.5, 0.6) is 0 Å². The van der Waals surface area contributed by atoms with E-state index in [1.807, 2.05) is 19.9 Å². The van der Waals surface area contributed by atoms with Crippen LogP contribution in [0, 0.1) is 5.92 Å². The Bertz CT molecular complexity index is 573. The van der Waals surface area contributed by atoms with Crippen LogP contribution in [0.15, 0.2) is 35.8 Å². The van der Waals surface area contributed by atoms with Gasteiger partial charge in [0.15, 0.2) is 0 Å². The molecule has 0 atom stereocenters. The predicted octanol–water partition coefficient (Wildman–Crippen LogP) is 4.81. The van der Waals surface area contributed by atoms with Gasteiger partial charge in [-0.3, -0.25) is 4.57 Å². The van der Waals surface area contributed by atoms with Gasteiger partial charge in [-0.15, -0.1) is 0 Å². The lowest BCUT2D eigenvalue weighted by Crippen LogP contribution is -2.23. The van der Waals surface area contributed by atoms with Gasteiger partial charge in [0.2, 0.25) is 0 Å². The first kappa shape index (κ1) is 17.3. The molecule has 1 aromatic carbocycles. The molecule has 0 radical (unpaired) electrons. The van der Waals surface area contributed by atoms with Gasteiger partial charge in [-0.25, -0.2) is 0 Å². The fraction of sp³-hybridized carbons (Fsp3) is 0.529. The van der Waals surface area contributed by atoms with Crippen molar-refractivity contribution in [1.82, 2.24) is 0 Å². The van der Waals surface area contributed by atoms with Crippen molar-refractivity contribution in [3.05, 3.63) is 41.3 Å². The van der Waals surface area contributed by atoms with Gasteiger partial charge in [0.05, 0.1) is 13.2 Å². The van der Waals surface area contributed by atoms with Crippen molar-refractivity contribution in [1.29, 1.82) is 0 Å². The van der Waals surface area contributed by atoms with Crippen molar-refractivity contribution in [2.45, 2.75) is 34.1 Å². The van der Waals surface area contributed by atoms with E-state index >= 15 is 0 Å². The molecule has 0 saturated heterocycles. The van der Waals surface area contributed by atoms with Gasteiger partial charge in [0.1, 0.15) is 0 Å². The molecule has 0 amide bonds. The van der Waals surface area contributed by atoms with Gasteiger partial charge in [-0.2, -0.15) is 0 Å². The van der Waals surface area contributed by atoms with E-state index in [2.05, 4.69) is 36.9 Å². The summed E-state index contributed by atoms with van der Waals surface area (Å²) in [6, 6.07) is 8.37. The van der Waals surface area contributed by atoms with Crippen LogP contribution in [-0.4, -0.2) is 19.8 Å². The second-order valence-corrected chi connectivity index (χ2v) is 7.47. The summed E-state index contributed by atoms with van der Waals surface area (Å²) in [5.41, 5.74) is 3.54. The third kappa shape index (κ3) is 3.81. The summed E-state index contributed by atoms with van der Waals surface area (Å²) >= 11 is 0. The van der Waals surface area contributed by atoms with E-state index in [9.17, 15) is 4.57 Å². The van der Waals surface area contributed by atoms with Gasteiger partial charge in [-0.1, -0.05) is 32.0 Å². The molecule has 1 heterocycles. The molecule has 0 bridgehead atoms. The van der Waals surface area contributed by atoms with Crippen LogP contribution in [-0.2, 0) is 20.0 Å². The molecule has 1 aliphatic heterocycles. The van der Waals surface area contributed by atoms with Crippen LogP contribution in [0.1, 0.15) is 33.3 Å². The fourth-order valence-electron chi connectivity index (χ4n) is 2.77. The fourth-order valence-corrected chi connectivity index (χ4v) is 4.48. The zero-order chi connectivity index (χ0) is 16.2. The molecule has 1 aliphatic rings. The highest BCUT2D eigenvalue weighted by Crippen LogP contribution is 2.52. The van der Waals surface area contributed by atoms with Crippen LogP contribution >= 0.6 is 7.60 Å². The first-order valence-corrected chi connectivity index (χ1v) is 9.59. The minimum absolute atomic E-state index is 0.236. The molecule has 2 rings (SSSR count). The molecule has 0 aliphatic carbocycles. The molecule has 5 heteroatoms. The molecular formula is C17H26NO3P. The average Bonchev–Trinajstić information content (AvgIpc) is 2.89. The molecule has 0 unspecified atom stereocenters. The average molecular weight is 323 g/mol. The number of para-hydroxylation sites is 1. The lowest BCUT2D eigenvalue weighted by Gasteiger charge is -2.27. The van der Waals surface area contributed by atoms with Crippen molar-refractivity contribution < 1.29 is 13.6 Å². The summed E-state index contributed by atoms with van der Waals surface area (Å²) in [6.07, 6.45) is 1.01. The maximum atomic E-state index is 12.8. The highest BCUT2D eigenvalue weighted by molar-refractivity contribution is 7.57. The van der Waals surface area contributed by atoms with Crippen LogP contribution in [0.3, 0.4) is 0 Å². The van der Waals surface area contributed by atoms with Gasteiger partial charge in [0, 0.05) is 23.7 Å². The third-order valence-electron chi connectivity index (χ3n) is 3.70. The van der Waals surface area contributed by atoms with Gasteiger partial charge < -0.3 is 13.9 Å². The van der Waals surface area contributed by atoms with E-state index < -0.39 is 7.60 Å². The number of anilines is 1. The van der Waals surface area contributed by atoms with Crippen molar-refractivity contribution >= 4 is 13.3 Å². The molecule has 0 fully saturated rings. The minimum Gasteiger partial charge on any atom is -0.344 e. The number of allylic oxidation sites excluding steroid dienone is 1. The lowest BCUT2D eigenvalue weighted by atomic mass is 10.1.